The molecule has 0 unspecified atom stereocenters. The van der Waals surface area contributed by atoms with Gasteiger partial charge in [0.15, 0.2) is 0 Å². The summed E-state index contributed by atoms with van der Waals surface area (Å²) in [4.78, 5) is 16.8. The molecule has 0 atom stereocenters. The molecule has 0 saturated heterocycles. The molecule has 1 aromatic carbocycles. The van der Waals surface area contributed by atoms with Crippen LogP contribution in [-0.2, 0) is 13.1 Å². The zero-order valence-corrected chi connectivity index (χ0v) is 13.3. The molecule has 0 radical (unpaired) electrons. The van der Waals surface area contributed by atoms with Crippen LogP contribution in [0.1, 0.15) is 18.1 Å². The highest BCUT2D eigenvalue weighted by atomic mass is 79.9. The average molecular weight is 350 g/mol. The lowest BCUT2D eigenvalue weighted by molar-refractivity contribution is -0.385. The molecule has 0 fully saturated rings. The third kappa shape index (κ3) is 4.09. The largest absolute Gasteiger partial charge is 0.295 e. The summed E-state index contributed by atoms with van der Waals surface area (Å²) in [6, 6.07) is 9.09. The van der Waals surface area contributed by atoms with Gasteiger partial charge in [0.05, 0.1) is 9.40 Å². The zero-order chi connectivity index (χ0) is 15.2. The standard InChI is InChI=1S/C15H16BrN3O2/c1-2-18(10-12-6-8-17-9-7-12)11-13-4-3-5-14(15(13)16)19(20)21/h3-9H,2,10-11H2,1H3. The molecule has 6 heteroatoms. The zero-order valence-electron chi connectivity index (χ0n) is 11.7. The van der Waals surface area contributed by atoms with Crippen molar-refractivity contribution in [3.05, 3.63) is 68.4 Å². The van der Waals surface area contributed by atoms with Gasteiger partial charge in [0.1, 0.15) is 0 Å². The summed E-state index contributed by atoms with van der Waals surface area (Å²) < 4.78 is 0.558. The third-order valence-electron chi connectivity index (χ3n) is 3.25. The van der Waals surface area contributed by atoms with Crippen molar-refractivity contribution >= 4 is 21.6 Å². The van der Waals surface area contributed by atoms with Crippen LogP contribution >= 0.6 is 15.9 Å². The van der Waals surface area contributed by atoms with E-state index < -0.39 is 0 Å². The average Bonchev–Trinajstić information content (AvgIpc) is 2.49. The lowest BCUT2D eigenvalue weighted by atomic mass is 10.1. The summed E-state index contributed by atoms with van der Waals surface area (Å²) in [6.45, 7) is 4.37. The fraction of sp³-hybridized carbons (Fsp3) is 0.267. The smallest absolute Gasteiger partial charge is 0.283 e. The van der Waals surface area contributed by atoms with Crippen LogP contribution in [0.15, 0.2) is 47.2 Å². The molecule has 2 rings (SSSR count). The fourth-order valence-corrected chi connectivity index (χ4v) is 2.63. The fourth-order valence-electron chi connectivity index (χ4n) is 2.10. The van der Waals surface area contributed by atoms with Crippen LogP contribution in [0.25, 0.3) is 0 Å². The van der Waals surface area contributed by atoms with Crippen molar-refractivity contribution < 1.29 is 4.92 Å². The van der Waals surface area contributed by atoms with E-state index in [1.807, 2.05) is 18.2 Å². The van der Waals surface area contributed by atoms with Crippen LogP contribution in [0, 0.1) is 10.1 Å². The van der Waals surface area contributed by atoms with Crippen molar-refractivity contribution in [2.45, 2.75) is 20.0 Å². The maximum absolute atomic E-state index is 11.0. The predicted molar refractivity (Wildman–Crippen MR) is 84.8 cm³/mol. The first-order valence-electron chi connectivity index (χ1n) is 6.65. The minimum Gasteiger partial charge on any atom is -0.295 e. The van der Waals surface area contributed by atoms with Crippen LogP contribution in [0.5, 0.6) is 0 Å². The Balaban J connectivity index is 2.15. The highest BCUT2D eigenvalue weighted by Crippen LogP contribution is 2.29. The van der Waals surface area contributed by atoms with Crippen molar-refractivity contribution in [1.29, 1.82) is 0 Å². The first-order valence-corrected chi connectivity index (χ1v) is 7.44. The number of benzene rings is 1. The molecule has 0 aliphatic carbocycles. The maximum atomic E-state index is 11.0. The van der Waals surface area contributed by atoms with Gasteiger partial charge in [-0.3, -0.25) is 20.0 Å². The topological polar surface area (TPSA) is 59.3 Å². The van der Waals surface area contributed by atoms with Crippen LogP contribution in [0.2, 0.25) is 0 Å². The van der Waals surface area contributed by atoms with Crippen LogP contribution in [0.3, 0.4) is 0 Å². The second kappa shape index (κ2) is 7.28. The van der Waals surface area contributed by atoms with Gasteiger partial charge in [0.25, 0.3) is 5.69 Å². The molecule has 0 saturated carbocycles. The third-order valence-corrected chi connectivity index (χ3v) is 4.17. The summed E-state index contributed by atoms with van der Waals surface area (Å²) in [6.07, 6.45) is 3.54. The Kier molecular flexibility index (Phi) is 5.41. The van der Waals surface area contributed by atoms with Crippen molar-refractivity contribution in [2.24, 2.45) is 0 Å². The Morgan fingerprint density at radius 2 is 1.95 bits per heavy atom. The summed E-state index contributed by atoms with van der Waals surface area (Å²) in [5, 5.41) is 11.0. The van der Waals surface area contributed by atoms with Gasteiger partial charge in [-0.1, -0.05) is 19.1 Å². The number of pyridine rings is 1. The summed E-state index contributed by atoms with van der Waals surface area (Å²) >= 11 is 3.35. The first-order chi connectivity index (χ1) is 10.1. The van der Waals surface area contributed by atoms with E-state index in [1.165, 1.54) is 11.6 Å². The molecule has 0 spiro atoms. The van der Waals surface area contributed by atoms with E-state index in [0.29, 0.717) is 11.0 Å². The molecular formula is C15H16BrN3O2. The molecular weight excluding hydrogens is 334 g/mol. The number of hydrogen-bond acceptors (Lipinski definition) is 4. The Morgan fingerprint density at radius 3 is 2.57 bits per heavy atom. The maximum Gasteiger partial charge on any atom is 0.283 e. The number of rotatable bonds is 6. The number of nitro benzene ring substituents is 1. The molecule has 1 heterocycles. The first kappa shape index (κ1) is 15.6. The van der Waals surface area contributed by atoms with Gasteiger partial charge in [-0.05, 0) is 45.7 Å². The number of nitro groups is 1. The number of aromatic nitrogens is 1. The van der Waals surface area contributed by atoms with Crippen molar-refractivity contribution in [1.82, 2.24) is 9.88 Å². The van der Waals surface area contributed by atoms with Gasteiger partial charge in [0.2, 0.25) is 0 Å². The van der Waals surface area contributed by atoms with E-state index in [0.717, 1.165) is 18.7 Å². The predicted octanol–water partition coefficient (Wildman–Crippen LogP) is 3.77. The van der Waals surface area contributed by atoms with E-state index >= 15 is 0 Å². The molecule has 5 nitrogen and oxygen atoms in total. The Morgan fingerprint density at radius 1 is 1.24 bits per heavy atom. The van der Waals surface area contributed by atoms with Crippen molar-refractivity contribution in [2.75, 3.05) is 6.54 Å². The number of nitrogens with zero attached hydrogens (tertiary/aromatic N) is 3. The quantitative estimate of drug-likeness (QED) is 0.588. The molecule has 0 bridgehead atoms. The Bertz CT molecular complexity index is 620. The lowest BCUT2D eigenvalue weighted by Crippen LogP contribution is -2.22. The van der Waals surface area contributed by atoms with Crippen molar-refractivity contribution in [3.63, 3.8) is 0 Å². The number of hydrogen-bond donors (Lipinski definition) is 0. The lowest BCUT2D eigenvalue weighted by Gasteiger charge is -2.21. The highest BCUT2D eigenvalue weighted by molar-refractivity contribution is 9.10. The molecule has 0 aliphatic heterocycles. The normalized spacial score (nSPS) is 10.8. The summed E-state index contributed by atoms with van der Waals surface area (Å²) in [5.74, 6) is 0. The highest BCUT2D eigenvalue weighted by Gasteiger charge is 2.16. The van der Waals surface area contributed by atoms with Crippen LogP contribution in [-0.4, -0.2) is 21.4 Å². The second-order valence-electron chi connectivity index (χ2n) is 4.67. The van der Waals surface area contributed by atoms with Gasteiger partial charge >= 0.3 is 0 Å². The molecule has 0 amide bonds. The second-order valence-corrected chi connectivity index (χ2v) is 5.46. The van der Waals surface area contributed by atoms with Crippen LogP contribution in [0.4, 0.5) is 5.69 Å². The minimum absolute atomic E-state index is 0.104. The van der Waals surface area contributed by atoms with Gasteiger partial charge in [-0.25, -0.2) is 0 Å². The monoisotopic (exact) mass is 349 g/mol. The van der Waals surface area contributed by atoms with E-state index in [-0.39, 0.29) is 10.6 Å². The van der Waals surface area contributed by atoms with Crippen molar-refractivity contribution in [3.8, 4) is 0 Å². The summed E-state index contributed by atoms with van der Waals surface area (Å²) in [7, 11) is 0. The molecule has 2 aromatic rings. The number of halogens is 1. The molecule has 21 heavy (non-hydrogen) atoms. The van der Waals surface area contributed by atoms with E-state index in [1.54, 1.807) is 18.5 Å². The van der Waals surface area contributed by atoms with Gasteiger partial charge < -0.3 is 0 Å². The SMILES string of the molecule is CCN(Cc1ccncc1)Cc1cccc([N+](=O)[O-])c1Br. The Hall–Kier alpha value is -1.79. The van der Waals surface area contributed by atoms with Gasteiger partial charge in [-0.2, -0.15) is 0 Å². The molecule has 0 N–H and O–H groups in total. The molecule has 1 aromatic heterocycles. The minimum atomic E-state index is -0.368. The van der Waals surface area contributed by atoms with E-state index in [4.69, 9.17) is 0 Å². The van der Waals surface area contributed by atoms with E-state index in [2.05, 4.69) is 32.7 Å². The van der Waals surface area contributed by atoms with Crippen LogP contribution < -0.4 is 0 Å². The molecule has 0 aliphatic rings. The molecule has 110 valence electrons. The van der Waals surface area contributed by atoms with E-state index in [9.17, 15) is 10.1 Å². The summed E-state index contributed by atoms with van der Waals surface area (Å²) in [5.41, 5.74) is 2.20. The Labute approximate surface area is 131 Å². The van der Waals surface area contributed by atoms with Gasteiger partial charge in [0, 0.05) is 31.5 Å². The van der Waals surface area contributed by atoms with Gasteiger partial charge in [-0.15, -0.1) is 0 Å².